The van der Waals surface area contributed by atoms with Gasteiger partial charge in [-0.05, 0) is 31.0 Å². The molecule has 1 atom stereocenters. The molecule has 3 N–H and O–H groups in total. The van der Waals surface area contributed by atoms with Crippen LogP contribution in [0.15, 0.2) is 18.2 Å². The summed E-state index contributed by atoms with van der Waals surface area (Å²) in [4.78, 5) is 12.1. The number of ether oxygens (including phenoxy) is 1. The molecule has 21 heavy (non-hydrogen) atoms. The average Bonchev–Trinajstić information content (AvgIpc) is 2.40. The van der Waals surface area contributed by atoms with E-state index in [4.69, 9.17) is 15.6 Å². The minimum atomic E-state index is -4.48. The molecule has 1 heterocycles. The Kier molecular flexibility index (Phi) is 4.15. The Morgan fingerprint density at radius 3 is 2.76 bits per heavy atom. The van der Waals surface area contributed by atoms with Crippen LogP contribution in [0.5, 0.6) is 5.75 Å². The summed E-state index contributed by atoms with van der Waals surface area (Å²) in [5.41, 5.74) is 4.87. The standard InChI is InChI=1S/C13H15F3N2O3/c14-13(15,16)8-3-4-10(17)11(6-8)21-9-2-1-5-18(7-9)12(19)20/h3-4,6,9H,1-2,5,7,17H2,(H,19,20). The van der Waals surface area contributed by atoms with Gasteiger partial charge in [-0.25, -0.2) is 4.79 Å². The largest absolute Gasteiger partial charge is 0.486 e. The number of alkyl halides is 3. The van der Waals surface area contributed by atoms with Gasteiger partial charge in [-0.15, -0.1) is 0 Å². The lowest BCUT2D eigenvalue weighted by Gasteiger charge is -2.31. The monoisotopic (exact) mass is 304 g/mol. The lowest BCUT2D eigenvalue weighted by Crippen LogP contribution is -2.43. The van der Waals surface area contributed by atoms with Crippen molar-refractivity contribution in [3.63, 3.8) is 0 Å². The van der Waals surface area contributed by atoms with Gasteiger partial charge in [-0.2, -0.15) is 13.2 Å². The maximum atomic E-state index is 12.7. The van der Waals surface area contributed by atoms with E-state index in [1.54, 1.807) is 0 Å². The highest BCUT2D eigenvalue weighted by Crippen LogP contribution is 2.34. The summed E-state index contributed by atoms with van der Waals surface area (Å²) >= 11 is 0. The van der Waals surface area contributed by atoms with Gasteiger partial charge in [0.15, 0.2) is 0 Å². The molecule has 116 valence electrons. The first kappa shape index (κ1) is 15.3. The van der Waals surface area contributed by atoms with Crippen molar-refractivity contribution in [1.82, 2.24) is 4.90 Å². The summed E-state index contributed by atoms with van der Waals surface area (Å²) in [6.45, 7) is 0.512. The Morgan fingerprint density at radius 2 is 2.14 bits per heavy atom. The number of hydrogen-bond acceptors (Lipinski definition) is 3. The van der Waals surface area contributed by atoms with Crippen LogP contribution in [0.25, 0.3) is 0 Å². The normalized spacial score (nSPS) is 19.4. The van der Waals surface area contributed by atoms with E-state index in [-0.39, 0.29) is 18.0 Å². The van der Waals surface area contributed by atoms with Gasteiger partial charge in [0.25, 0.3) is 0 Å². The van der Waals surface area contributed by atoms with E-state index in [1.165, 1.54) is 4.90 Å². The topological polar surface area (TPSA) is 75.8 Å². The van der Waals surface area contributed by atoms with Crippen molar-refractivity contribution < 1.29 is 27.8 Å². The maximum absolute atomic E-state index is 12.7. The zero-order chi connectivity index (χ0) is 15.6. The maximum Gasteiger partial charge on any atom is 0.416 e. The fourth-order valence-electron chi connectivity index (χ4n) is 2.20. The van der Waals surface area contributed by atoms with Crippen molar-refractivity contribution in [2.75, 3.05) is 18.8 Å². The lowest BCUT2D eigenvalue weighted by atomic mass is 10.1. The zero-order valence-electron chi connectivity index (χ0n) is 11.1. The van der Waals surface area contributed by atoms with Crippen LogP contribution >= 0.6 is 0 Å². The quantitative estimate of drug-likeness (QED) is 0.824. The van der Waals surface area contributed by atoms with E-state index in [2.05, 4.69) is 0 Å². The van der Waals surface area contributed by atoms with Crippen LogP contribution in [0.4, 0.5) is 23.7 Å². The van der Waals surface area contributed by atoms with E-state index in [0.29, 0.717) is 19.4 Å². The molecule has 1 aromatic rings. The predicted octanol–water partition coefficient (Wildman–Crippen LogP) is 2.81. The summed E-state index contributed by atoms with van der Waals surface area (Å²) in [7, 11) is 0. The van der Waals surface area contributed by atoms with Crippen LogP contribution in [0, 0.1) is 0 Å². The molecule has 5 nitrogen and oxygen atoms in total. The van der Waals surface area contributed by atoms with Crippen LogP contribution in [0.3, 0.4) is 0 Å². The number of nitrogens with two attached hydrogens (primary N) is 1. The van der Waals surface area contributed by atoms with Gasteiger partial charge in [-0.3, -0.25) is 0 Å². The molecule has 0 aliphatic carbocycles. The number of rotatable bonds is 2. The van der Waals surface area contributed by atoms with E-state index < -0.39 is 23.9 Å². The fourth-order valence-corrected chi connectivity index (χ4v) is 2.20. The summed E-state index contributed by atoms with van der Waals surface area (Å²) in [5.74, 6) is -0.0675. The van der Waals surface area contributed by atoms with Gasteiger partial charge in [0.2, 0.25) is 0 Å². The Balaban J connectivity index is 2.13. The highest BCUT2D eigenvalue weighted by atomic mass is 19.4. The second-order valence-electron chi connectivity index (χ2n) is 4.86. The van der Waals surface area contributed by atoms with Crippen molar-refractivity contribution in [3.8, 4) is 5.75 Å². The minimum absolute atomic E-state index is 0.0675. The number of nitrogen functional groups attached to an aromatic ring is 1. The third kappa shape index (κ3) is 3.71. The molecule has 1 amide bonds. The summed E-state index contributed by atoms with van der Waals surface area (Å²) in [5, 5.41) is 8.92. The van der Waals surface area contributed by atoms with Crippen molar-refractivity contribution >= 4 is 11.8 Å². The number of piperidine rings is 1. The van der Waals surface area contributed by atoms with Crippen LogP contribution < -0.4 is 10.5 Å². The van der Waals surface area contributed by atoms with Gasteiger partial charge in [0.05, 0.1) is 17.8 Å². The highest BCUT2D eigenvalue weighted by Gasteiger charge is 2.32. The Bertz CT molecular complexity index is 534. The SMILES string of the molecule is Nc1ccc(C(F)(F)F)cc1OC1CCCN(C(=O)O)C1. The lowest BCUT2D eigenvalue weighted by molar-refractivity contribution is -0.137. The second-order valence-corrected chi connectivity index (χ2v) is 4.86. The predicted molar refractivity (Wildman–Crippen MR) is 69.1 cm³/mol. The first-order valence-electron chi connectivity index (χ1n) is 6.38. The molecule has 1 aromatic carbocycles. The van der Waals surface area contributed by atoms with Gasteiger partial charge in [0.1, 0.15) is 11.9 Å². The number of amides is 1. The molecule has 8 heteroatoms. The van der Waals surface area contributed by atoms with Gasteiger partial charge in [-0.1, -0.05) is 0 Å². The molecule has 1 fully saturated rings. The average molecular weight is 304 g/mol. The summed E-state index contributed by atoms with van der Waals surface area (Å²) < 4.78 is 43.5. The van der Waals surface area contributed by atoms with Crippen molar-refractivity contribution in [2.45, 2.75) is 25.1 Å². The molecule has 1 saturated heterocycles. The van der Waals surface area contributed by atoms with Crippen LogP contribution in [0.1, 0.15) is 18.4 Å². The van der Waals surface area contributed by atoms with E-state index in [0.717, 1.165) is 18.2 Å². The summed E-state index contributed by atoms with van der Waals surface area (Å²) in [6, 6.07) is 2.86. The Labute approximate surface area is 119 Å². The third-order valence-electron chi connectivity index (χ3n) is 3.28. The molecule has 0 saturated carbocycles. The van der Waals surface area contributed by atoms with E-state index in [1.807, 2.05) is 0 Å². The number of benzene rings is 1. The smallest absolute Gasteiger partial charge is 0.416 e. The number of hydrogen-bond donors (Lipinski definition) is 2. The molecule has 1 aliphatic heterocycles. The van der Waals surface area contributed by atoms with Crippen molar-refractivity contribution in [1.29, 1.82) is 0 Å². The molecule has 1 aliphatic rings. The molecule has 1 unspecified atom stereocenters. The number of carboxylic acid groups (broad SMARTS) is 1. The molecule has 0 spiro atoms. The first-order chi connectivity index (χ1) is 9.77. The molecular weight excluding hydrogens is 289 g/mol. The van der Waals surface area contributed by atoms with E-state index in [9.17, 15) is 18.0 Å². The van der Waals surface area contributed by atoms with Crippen molar-refractivity contribution in [2.24, 2.45) is 0 Å². The van der Waals surface area contributed by atoms with Crippen LogP contribution in [-0.2, 0) is 6.18 Å². The first-order valence-corrected chi connectivity index (χ1v) is 6.38. The minimum Gasteiger partial charge on any atom is -0.486 e. The number of carbonyl (C=O) groups is 1. The third-order valence-corrected chi connectivity index (χ3v) is 3.28. The molecule has 0 aromatic heterocycles. The van der Waals surface area contributed by atoms with E-state index >= 15 is 0 Å². The summed E-state index contributed by atoms with van der Waals surface area (Å²) in [6.07, 6.45) is -4.89. The zero-order valence-corrected chi connectivity index (χ0v) is 11.1. The number of anilines is 1. The molecular formula is C13H15F3N2O3. The second kappa shape index (κ2) is 5.71. The Hall–Kier alpha value is -2.12. The van der Waals surface area contributed by atoms with Crippen molar-refractivity contribution in [3.05, 3.63) is 23.8 Å². The molecule has 0 bridgehead atoms. The van der Waals surface area contributed by atoms with Crippen LogP contribution in [-0.4, -0.2) is 35.3 Å². The fraction of sp³-hybridized carbons (Fsp3) is 0.462. The Morgan fingerprint density at radius 1 is 1.43 bits per heavy atom. The highest BCUT2D eigenvalue weighted by molar-refractivity contribution is 5.65. The van der Waals surface area contributed by atoms with Gasteiger partial charge >= 0.3 is 12.3 Å². The van der Waals surface area contributed by atoms with Gasteiger partial charge in [0, 0.05) is 6.54 Å². The molecule has 0 radical (unpaired) electrons. The number of halogens is 3. The number of likely N-dealkylation sites (tertiary alicyclic amines) is 1. The number of nitrogens with zero attached hydrogens (tertiary/aromatic N) is 1. The molecule has 2 rings (SSSR count). The van der Waals surface area contributed by atoms with Crippen LogP contribution in [0.2, 0.25) is 0 Å². The van der Waals surface area contributed by atoms with Gasteiger partial charge < -0.3 is 20.5 Å².